The van der Waals surface area contributed by atoms with Gasteiger partial charge >= 0.3 is 12.1 Å². The third-order valence-electron chi connectivity index (χ3n) is 7.15. The minimum Gasteiger partial charge on any atom is -0.481 e. The van der Waals surface area contributed by atoms with Crippen molar-refractivity contribution in [1.29, 1.82) is 0 Å². The average molecular weight is 479 g/mol. The van der Waals surface area contributed by atoms with Crippen molar-refractivity contribution < 1.29 is 29.0 Å². The molecule has 2 aromatic rings. The number of carbonyl (C=O) groups excluding carboxylic acids is 2. The van der Waals surface area contributed by atoms with Crippen molar-refractivity contribution in [2.75, 3.05) is 19.8 Å². The molecule has 1 heterocycles. The van der Waals surface area contributed by atoms with Crippen LogP contribution in [0, 0.1) is 11.8 Å². The summed E-state index contributed by atoms with van der Waals surface area (Å²) in [4.78, 5) is 36.7. The van der Waals surface area contributed by atoms with Crippen molar-refractivity contribution in [3.05, 3.63) is 59.7 Å². The van der Waals surface area contributed by atoms with Gasteiger partial charge in [-0.15, -0.1) is 0 Å². The van der Waals surface area contributed by atoms with Gasteiger partial charge in [-0.05, 0) is 41.0 Å². The third kappa shape index (κ3) is 5.32. The van der Waals surface area contributed by atoms with E-state index in [4.69, 9.17) is 14.6 Å². The number of alkyl carbamates (subject to hydrolysis) is 1. The molecule has 1 aliphatic heterocycles. The highest BCUT2D eigenvalue weighted by Gasteiger charge is 2.34. The van der Waals surface area contributed by atoms with Gasteiger partial charge in [0.05, 0.1) is 18.6 Å². The molecule has 2 amide bonds. The summed E-state index contributed by atoms with van der Waals surface area (Å²) in [6, 6.07) is 15.6. The second-order valence-electron chi connectivity index (χ2n) is 9.67. The number of nitrogens with one attached hydrogen (secondary N) is 2. The Morgan fingerprint density at radius 3 is 2.29 bits per heavy atom. The highest BCUT2D eigenvalue weighted by Crippen LogP contribution is 2.44. The molecule has 0 bridgehead atoms. The van der Waals surface area contributed by atoms with Gasteiger partial charge in [-0.25, -0.2) is 4.79 Å². The summed E-state index contributed by atoms with van der Waals surface area (Å²) in [6.07, 6.45) is 2.05. The van der Waals surface area contributed by atoms with E-state index in [2.05, 4.69) is 34.9 Å². The number of benzene rings is 2. The molecule has 0 spiro atoms. The molecule has 3 atom stereocenters. The summed E-state index contributed by atoms with van der Waals surface area (Å²) in [6.45, 7) is 0.555. The summed E-state index contributed by atoms with van der Waals surface area (Å²) < 4.78 is 11.1. The molecule has 0 aromatic heterocycles. The smallest absolute Gasteiger partial charge is 0.407 e. The number of amides is 2. The minimum absolute atomic E-state index is 0.0504. The van der Waals surface area contributed by atoms with Crippen molar-refractivity contribution in [3.8, 4) is 11.1 Å². The molecule has 3 aliphatic rings. The van der Waals surface area contributed by atoms with E-state index in [0.717, 1.165) is 35.1 Å². The third-order valence-corrected chi connectivity index (χ3v) is 7.15. The highest BCUT2D eigenvalue weighted by atomic mass is 16.5. The fourth-order valence-electron chi connectivity index (χ4n) is 5.06. The lowest BCUT2D eigenvalue weighted by Crippen LogP contribution is -2.48. The second-order valence-corrected chi connectivity index (χ2v) is 9.67. The molecule has 2 fully saturated rings. The van der Waals surface area contributed by atoms with Crippen LogP contribution in [0.2, 0.25) is 0 Å². The van der Waals surface area contributed by atoms with Gasteiger partial charge in [0.15, 0.2) is 0 Å². The molecule has 0 radical (unpaired) electrons. The standard InChI is InChI=1S/C27H30N2O6/c30-25(28-13-18-12-17(14-34-18)26(31)32)24(11-16-9-10-16)29-27(33)35-15-23-21-7-3-1-5-19(21)20-6-2-4-8-22(20)23/h1-8,16-18,23-24H,9-15H2,(H,28,30)(H,29,33)(H,31,32)/t17?,18?,24-/m0/s1. The number of carbonyl (C=O) groups is 3. The summed E-state index contributed by atoms with van der Waals surface area (Å²) in [7, 11) is 0. The van der Waals surface area contributed by atoms with E-state index >= 15 is 0 Å². The first-order chi connectivity index (χ1) is 17.0. The van der Waals surface area contributed by atoms with Crippen LogP contribution in [0.15, 0.2) is 48.5 Å². The van der Waals surface area contributed by atoms with Crippen LogP contribution in [0.25, 0.3) is 11.1 Å². The van der Waals surface area contributed by atoms with Gasteiger partial charge in [-0.2, -0.15) is 0 Å². The van der Waals surface area contributed by atoms with Gasteiger partial charge < -0.3 is 25.2 Å². The Kier molecular flexibility index (Phi) is 6.72. The van der Waals surface area contributed by atoms with E-state index in [1.54, 1.807) is 0 Å². The zero-order valence-electron chi connectivity index (χ0n) is 19.4. The van der Waals surface area contributed by atoms with Crippen molar-refractivity contribution >= 4 is 18.0 Å². The fourth-order valence-corrected chi connectivity index (χ4v) is 5.06. The maximum absolute atomic E-state index is 12.8. The normalized spacial score (nSPS) is 21.6. The summed E-state index contributed by atoms with van der Waals surface area (Å²) in [5, 5.41) is 14.7. The van der Waals surface area contributed by atoms with Crippen LogP contribution in [-0.4, -0.2) is 55.0 Å². The molecular formula is C27H30N2O6. The number of carboxylic acids is 1. The maximum Gasteiger partial charge on any atom is 0.407 e. The number of fused-ring (bicyclic) bond motifs is 3. The van der Waals surface area contributed by atoms with E-state index in [1.807, 2.05) is 24.3 Å². The molecule has 2 aliphatic carbocycles. The van der Waals surface area contributed by atoms with Crippen LogP contribution in [0.3, 0.4) is 0 Å². The van der Waals surface area contributed by atoms with E-state index in [-0.39, 0.29) is 37.7 Å². The van der Waals surface area contributed by atoms with E-state index in [9.17, 15) is 14.4 Å². The van der Waals surface area contributed by atoms with Gasteiger partial charge in [0.2, 0.25) is 5.91 Å². The van der Waals surface area contributed by atoms with Crippen LogP contribution >= 0.6 is 0 Å². The number of hydrogen-bond acceptors (Lipinski definition) is 5. The Bertz CT molecular complexity index is 1070. The topological polar surface area (TPSA) is 114 Å². The number of carboxylic acid groups (broad SMARTS) is 1. The molecule has 8 nitrogen and oxygen atoms in total. The van der Waals surface area contributed by atoms with Crippen LogP contribution in [-0.2, 0) is 19.1 Å². The number of hydrogen-bond donors (Lipinski definition) is 3. The molecule has 35 heavy (non-hydrogen) atoms. The SMILES string of the molecule is O=C(N[C@@H](CC1CC1)C(=O)NCC1CC(C(=O)O)CO1)OCC1c2ccccc2-c2ccccc21. The molecule has 3 N–H and O–H groups in total. The van der Waals surface area contributed by atoms with E-state index in [1.165, 1.54) is 0 Å². The largest absolute Gasteiger partial charge is 0.481 e. The average Bonchev–Trinajstić information content (AvgIpc) is 3.44. The van der Waals surface area contributed by atoms with E-state index < -0.39 is 24.0 Å². The van der Waals surface area contributed by atoms with Gasteiger partial charge in [-0.3, -0.25) is 9.59 Å². The summed E-state index contributed by atoms with van der Waals surface area (Å²) in [5.74, 6) is -1.36. The Hall–Kier alpha value is -3.39. The van der Waals surface area contributed by atoms with Gasteiger partial charge in [0.1, 0.15) is 12.6 Å². The lowest BCUT2D eigenvalue weighted by atomic mass is 9.98. The first-order valence-corrected chi connectivity index (χ1v) is 12.2. The molecular weight excluding hydrogens is 448 g/mol. The predicted octanol–water partition coefficient (Wildman–Crippen LogP) is 3.30. The van der Waals surface area contributed by atoms with Crippen LogP contribution < -0.4 is 10.6 Å². The van der Waals surface area contributed by atoms with Crippen LogP contribution in [0.5, 0.6) is 0 Å². The monoisotopic (exact) mass is 478 g/mol. The van der Waals surface area contributed by atoms with Gasteiger partial charge in [0, 0.05) is 12.5 Å². The Balaban J connectivity index is 1.17. The summed E-state index contributed by atoms with van der Waals surface area (Å²) >= 11 is 0. The first-order valence-electron chi connectivity index (χ1n) is 12.2. The number of ether oxygens (including phenoxy) is 2. The van der Waals surface area contributed by atoms with Crippen LogP contribution in [0.4, 0.5) is 4.79 Å². The second kappa shape index (κ2) is 10.1. The van der Waals surface area contributed by atoms with Crippen molar-refractivity contribution in [1.82, 2.24) is 10.6 Å². The number of rotatable bonds is 9. The first kappa shape index (κ1) is 23.4. The molecule has 1 saturated carbocycles. The molecule has 2 aromatic carbocycles. The van der Waals surface area contributed by atoms with Gasteiger partial charge in [-0.1, -0.05) is 61.4 Å². The zero-order valence-corrected chi connectivity index (χ0v) is 19.4. The Labute approximate surface area is 204 Å². The van der Waals surface area contributed by atoms with Crippen LogP contribution in [0.1, 0.15) is 42.7 Å². The fraction of sp³-hybridized carbons (Fsp3) is 0.444. The van der Waals surface area contributed by atoms with Crippen molar-refractivity contribution in [2.24, 2.45) is 11.8 Å². The Morgan fingerprint density at radius 1 is 1.03 bits per heavy atom. The Morgan fingerprint density at radius 2 is 1.69 bits per heavy atom. The van der Waals surface area contributed by atoms with Crippen molar-refractivity contribution in [3.63, 3.8) is 0 Å². The van der Waals surface area contributed by atoms with E-state index in [0.29, 0.717) is 18.8 Å². The zero-order chi connectivity index (χ0) is 24.4. The van der Waals surface area contributed by atoms with Gasteiger partial charge in [0.25, 0.3) is 0 Å². The minimum atomic E-state index is -0.887. The molecule has 5 rings (SSSR count). The summed E-state index contributed by atoms with van der Waals surface area (Å²) in [5.41, 5.74) is 4.57. The molecule has 1 saturated heterocycles. The highest BCUT2D eigenvalue weighted by molar-refractivity contribution is 5.86. The molecule has 184 valence electrons. The number of aliphatic carboxylic acids is 1. The predicted molar refractivity (Wildman–Crippen MR) is 128 cm³/mol. The lowest BCUT2D eigenvalue weighted by Gasteiger charge is -2.20. The molecule has 8 heteroatoms. The quantitative estimate of drug-likeness (QED) is 0.510. The maximum atomic E-state index is 12.8. The molecule has 2 unspecified atom stereocenters. The van der Waals surface area contributed by atoms with Crippen molar-refractivity contribution in [2.45, 2.75) is 43.7 Å². The lowest BCUT2D eigenvalue weighted by molar-refractivity contribution is -0.141.